The number of hydrogen-bond acceptors (Lipinski definition) is 3. The highest BCUT2D eigenvalue weighted by atomic mass is 16.5. The summed E-state index contributed by atoms with van der Waals surface area (Å²) in [4.78, 5) is 2.60. The Morgan fingerprint density at radius 3 is 2.35 bits per heavy atom. The van der Waals surface area contributed by atoms with Gasteiger partial charge in [-0.05, 0) is 64.7 Å². The third-order valence-electron chi connectivity index (χ3n) is 5.07. The van der Waals surface area contributed by atoms with Crippen LogP contribution in [0.1, 0.15) is 57.8 Å². The lowest BCUT2D eigenvalue weighted by Crippen LogP contribution is -2.37. The van der Waals surface area contributed by atoms with Crippen LogP contribution in [0, 0.1) is 5.92 Å². The lowest BCUT2D eigenvalue weighted by molar-refractivity contribution is 0.0234. The number of piperidine rings is 1. The van der Waals surface area contributed by atoms with Crippen LogP contribution in [0.15, 0.2) is 0 Å². The summed E-state index contributed by atoms with van der Waals surface area (Å²) < 4.78 is 6.11. The van der Waals surface area contributed by atoms with Gasteiger partial charge in [-0.25, -0.2) is 0 Å². The van der Waals surface area contributed by atoms with Crippen LogP contribution < -0.4 is 5.32 Å². The van der Waals surface area contributed by atoms with Crippen molar-refractivity contribution in [3.05, 3.63) is 0 Å². The maximum atomic E-state index is 6.11. The molecule has 1 N–H and O–H groups in total. The van der Waals surface area contributed by atoms with Gasteiger partial charge < -0.3 is 15.0 Å². The van der Waals surface area contributed by atoms with Crippen molar-refractivity contribution in [3.63, 3.8) is 0 Å². The number of likely N-dealkylation sites (tertiary alicyclic amines) is 1. The number of rotatable bonds is 7. The van der Waals surface area contributed by atoms with Gasteiger partial charge in [0.05, 0.1) is 12.7 Å². The van der Waals surface area contributed by atoms with E-state index >= 15 is 0 Å². The quantitative estimate of drug-likeness (QED) is 0.726. The SMILES string of the molecule is CNCCC1CCN(CCOC2CCCCCC2)CC1. The second-order valence-corrected chi connectivity index (χ2v) is 6.66. The molecule has 0 aromatic heterocycles. The van der Waals surface area contributed by atoms with Crippen LogP contribution in [-0.4, -0.2) is 50.8 Å². The summed E-state index contributed by atoms with van der Waals surface area (Å²) in [5.41, 5.74) is 0. The molecule has 0 amide bonds. The molecule has 118 valence electrons. The first-order chi connectivity index (χ1) is 9.88. The van der Waals surface area contributed by atoms with Crippen LogP contribution in [0.5, 0.6) is 0 Å². The van der Waals surface area contributed by atoms with E-state index in [1.807, 2.05) is 0 Å². The van der Waals surface area contributed by atoms with Gasteiger partial charge in [0.25, 0.3) is 0 Å². The van der Waals surface area contributed by atoms with Gasteiger partial charge in [-0.3, -0.25) is 0 Å². The van der Waals surface area contributed by atoms with Gasteiger partial charge in [-0.2, -0.15) is 0 Å². The highest BCUT2D eigenvalue weighted by Gasteiger charge is 2.19. The minimum Gasteiger partial charge on any atom is -0.377 e. The maximum absolute atomic E-state index is 6.11. The fraction of sp³-hybridized carbons (Fsp3) is 1.00. The highest BCUT2D eigenvalue weighted by molar-refractivity contribution is 4.73. The zero-order valence-electron chi connectivity index (χ0n) is 13.4. The van der Waals surface area contributed by atoms with Crippen molar-refractivity contribution >= 4 is 0 Å². The van der Waals surface area contributed by atoms with Crippen LogP contribution in [0.2, 0.25) is 0 Å². The molecule has 0 atom stereocenters. The molecule has 1 saturated carbocycles. The van der Waals surface area contributed by atoms with Crippen LogP contribution in [0.4, 0.5) is 0 Å². The molecule has 2 aliphatic rings. The Bertz CT molecular complexity index is 231. The van der Waals surface area contributed by atoms with Crippen molar-refractivity contribution in [2.75, 3.05) is 39.8 Å². The van der Waals surface area contributed by atoms with E-state index in [0.29, 0.717) is 6.10 Å². The first-order valence-electron chi connectivity index (χ1n) is 8.87. The summed E-state index contributed by atoms with van der Waals surface area (Å²) >= 11 is 0. The molecule has 1 aliphatic heterocycles. The van der Waals surface area contributed by atoms with Gasteiger partial charge >= 0.3 is 0 Å². The predicted octanol–water partition coefficient (Wildman–Crippen LogP) is 3.05. The number of ether oxygens (including phenoxy) is 1. The first kappa shape index (κ1) is 16.3. The first-order valence-corrected chi connectivity index (χ1v) is 8.87. The average Bonchev–Trinajstić information content (AvgIpc) is 2.75. The molecule has 1 saturated heterocycles. The van der Waals surface area contributed by atoms with Gasteiger partial charge in [0.2, 0.25) is 0 Å². The zero-order valence-corrected chi connectivity index (χ0v) is 13.4. The third-order valence-corrected chi connectivity index (χ3v) is 5.07. The molecule has 20 heavy (non-hydrogen) atoms. The van der Waals surface area contributed by atoms with Crippen LogP contribution >= 0.6 is 0 Å². The van der Waals surface area contributed by atoms with Crippen molar-refractivity contribution in [3.8, 4) is 0 Å². The molecule has 0 radical (unpaired) electrons. The highest BCUT2D eigenvalue weighted by Crippen LogP contribution is 2.21. The second kappa shape index (κ2) is 9.75. The molecule has 0 bridgehead atoms. The Kier molecular flexibility index (Phi) is 7.92. The molecule has 1 aliphatic carbocycles. The van der Waals surface area contributed by atoms with Crippen molar-refractivity contribution in [1.29, 1.82) is 0 Å². The lowest BCUT2D eigenvalue weighted by atomic mass is 9.93. The smallest absolute Gasteiger partial charge is 0.0597 e. The van der Waals surface area contributed by atoms with Gasteiger partial charge in [-0.1, -0.05) is 25.7 Å². The van der Waals surface area contributed by atoms with E-state index in [-0.39, 0.29) is 0 Å². The summed E-state index contributed by atoms with van der Waals surface area (Å²) in [5, 5.41) is 3.27. The number of nitrogens with one attached hydrogen (secondary N) is 1. The molecule has 0 spiro atoms. The fourth-order valence-corrected chi connectivity index (χ4v) is 3.60. The largest absolute Gasteiger partial charge is 0.377 e. The minimum atomic E-state index is 0.561. The summed E-state index contributed by atoms with van der Waals surface area (Å²) in [7, 11) is 2.06. The Hall–Kier alpha value is -0.120. The van der Waals surface area contributed by atoms with Crippen molar-refractivity contribution in [1.82, 2.24) is 10.2 Å². The molecule has 0 aromatic rings. The molecular formula is C17H34N2O. The van der Waals surface area contributed by atoms with E-state index < -0.39 is 0 Å². The second-order valence-electron chi connectivity index (χ2n) is 6.66. The van der Waals surface area contributed by atoms with E-state index in [2.05, 4.69) is 17.3 Å². The van der Waals surface area contributed by atoms with Crippen LogP contribution in [-0.2, 0) is 4.74 Å². The Labute approximate surface area is 125 Å². The topological polar surface area (TPSA) is 24.5 Å². The molecule has 3 heteroatoms. The van der Waals surface area contributed by atoms with Gasteiger partial charge in [0.15, 0.2) is 0 Å². The summed E-state index contributed by atoms with van der Waals surface area (Å²) in [6.45, 7) is 5.83. The number of nitrogens with zero attached hydrogens (tertiary/aromatic N) is 1. The summed E-state index contributed by atoms with van der Waals surface area (Å²) in [6, 6.07) is 0. The third kappa shape index (κ3) is 6.11. The van der Waals surface area contributed by atoms with Gasteiger partial charge in [-0.15, -0.1) is 0 Å². The Morgan fingerprint density at radius 1 is 1.00 bits per heavy atom. The average molecular weight is 282 g/mol. The Morgan fingerprint density at radius 2 is 1.70 bits per heavy atom. The van der Waals surface area contributed by atoms with Crippen LogP contribution in [0.3, 0.4) is 0 Å². The molecule has 0 unspecified atom stereocenters. The fourth-order valence-electron chi connectivity index (χ4n) is 3.60. The molecule has 2 fully saturated rings. The molecule has 3 nitrogen and oxygen atoms in total. The molecule has 2 rings (SSSR count). The standard InChI is InChI=1S/C17H34N2O/c1-18-11-8-16-9-12-19(13-10-16)14-15-20-17-6-4-2-3-5-7-17/h16-18H,2-15H2,1H3. The van der Waals surface area contributed by atoms with E-state index in [4.69, 9.17) is 4.74 Å². The van der Waals surface area contributed by atoms with Crippen LogP contribution in [0.25, 0.3) is 0 Å². The zero-order chi connectivity index (χ0) is 14.0. The monoisotopic (exact) mass is 282 g/mol. The Balaban J connectivity index is 1.52. The summed E-state index contributed by atoms with van der Waals surface area (Å²) in [6.07, 6.45) is 12.9. The van der Waals surface area contributed by atoms with Gasteiger partial charge in [0.1, 0.15) is 0 Å². The maximum Gasteiger partial charge on any atom is 0.0597 e. The normalized spacial score (nSPS) is 23.9. The van der Waals surface area contributed by atoms with Crippen molar-refractivity contribution in [2.45, 2.75) is 63.9 Å². The minimum absolute atomic E-state index is 0.561. The molecule has 1 heterocycles. The van der Waals surface area contributed by atoms with E-state index in [1.165, 1.54) is 77.4 Å². The van der Waals surface area contributed by atoms with E-state index in [1.54, 1.807) is 0 Å². The number of hydrogen-bond donors (Lipinski definition) is 1. The van der Waals surface area contributed by atoms with Crippen molar-refractivity contribution < 1.29 is 4.74 Å². The van der Waals surface area contributed by atoms with Gasteiger partial charge in [0, 0.05) is 6.54 Å². The van der Waals surface area contributed by atoms with E-state index in [0.717, 1.165) is 19.1 Å². The van der Waals surface area contributed by atoms with E-state index in [9.17, 15) is 0 Å². The molecular weight excluding hydrogens is 248 g/mol. The lowest BCUT2D eigenvalue weighted by Gasteiger charge is -2.32. The summed E-state index contributed by atoms with van der Waals surface area (Å²) in [5.74, 6) is 0.946. The predicted molar refractivity (Wildman–Crippen MR) is 85.1 cm³/mol. The molecule has 0 aromatic carbocycles. The van der Waals surface area contributed by atoms with Crippen molar-refractivity contribution in [2.24, 2.45) is 5.92 Å².